The number of ether oxygens (including phenoxy) is 2. The molecule has 3 rings (SSSR count). The van der Waals surface area contributed by atoms with Crippen molar-refractivity contribution in [3.8, 4) is 0 Å². The first-order valence-electron chi connectivity index (χ1n) is 6.57. The summed E-state index contributed by atoms with van der Waals surface area (Å²) in [6.45, 7) is 1.20. The predicted molar refractivity (Wildman–Crippen MR) is 76.7 cm³/mol. The van der Waals surface area contributed by atoms with Gasteiger partial charge in [0.1, 0.15) is 0 Å². The van der Waals surface area contributed by atoms with Crippen LogP contribution in [0.5, 0.6) is 0 Å². The molecule has 3 N–H and O–H groups in total. The van der Waals surface area contributed by atoms with Crippen molar-refractivity contribution in [2.45, 2.75) is 6.29 Å². The molecule has 7 nitrogen and oxygen atoms in total. The summed E-state index contributed by atoms with van der Waals surface area (Å²) >= 11 is 0. The molecule has 1 aromatic carbocycles. The number of nitrogen functional groups attached to an aromatic ring is 1. The zero-order chi connectivity index (χ0) is 14.8. The lowest BCUT2D eigenvalue weighted by atomic mass is 10.2. The Morgan fingerprint density at radius 2 is 2.00 bits per heavy atom. The van der Waals surface area contributed by atoms with Gasteiger partial charge < -0.3 is 20.5 Å². The maximum absolute atomic E-state index is 12.1. The molecular formula is C14H16N4O3. The Morgan fingerprint density at radius 3 is 2.57 bits per heavy atom. The molecule has 0 unspecified atom stereocenters. The molecule has 7 heteroatoms. The Morgan fingerprint density at radius 1 is 1.33 bits per heavy atom. The van der Waals surface area contributed by atoms with Gasteiger partial charge in [0.2, 0.25) is 0 Å². The van der Waals surface area contributed by atoms with E-state index < -0.39 is 0 Å². The summed E-state index contributed by atoms with van der Waals surface area (Å²) in [7, 11) is 1.71. The summed E-state index contributed by atoms with van der Waals surface area (Å²) in [4.78, 5) is 12.1. The standard InChI is InChI=1S/C14H16N4O3/c1-18-8-11(15)12(17-18)13(19)16-10-4-2-9(3-5-10)14-20-6-7-21-14/h2-5,8,14H,6-7,15H2,1H3,(H,16,19). The minimum Gasteiger partial charge on any atom is -0.396 e. The highest BCUT2D eigenvalue weighted by Crippen LogP contribution is 2.24. The maximum Gasteiger partial charge on any atom is 0.278 e. The molecule has 0 radical (unpaired) electrons. The summed E-state index contributed by atoms with van der Waals surface area (Å²) in [5, 5.41) is 6.78. The number of hydrogen-bond acceptors (Lipinski definition) is 5. The highest BCUT2D eigenvalue weighted by Gasteiger charge is 2.18. The molecule has 0 atom stereocenters. The van der Waals surface area contributed by atoms with Crippen molar-refractivity contribution in [3.05, 3.63) is 41.7 Å². The Kier molecular flexibility index (Phi) is 3.59. The van der Waals surface area contributed by atoms with Gasteiger partial charge in [-0.3, -0.25) is 9.48 Å². The Labute approximate surface area is 121 Å². The molecule has 110 valence electrons. The van der Waals surface area contributed by atoms with Gasteiger partial charge in [-0.1, -0.05) is 12.1 Å². The first kappa shape index (κ1) is 13.6. The van der Waals surface area contributed by atoms with E-state index in [1.807, 2.05) is 12.1 Å². The van der Waals surface area contributed by atoms with E-state index in [9.17, 15) is 4.79 Å². The van der Waals surface area contributed by atoms with Crippen molar-refractivity contribution in [3.63, 3.8) is 0 Å². The average molecular weight is 288 g/mol. The van der Waals surface area contributed by atoms with E-state index in [0.717, 1.165) is 5.56 Å². The number of benzene rings is 1. The maximum atomic E-state index is 12.1. The second-order valence-corrected chi connectivity index (χ2v) is 4.76. The molecule has 1 amide bonds. The lowest BCUT2D eigenvalue weighted by Gasteiger charge is -2.10. The van der Waals surface area contributed by atoms with Crippen molar-refractivity contribution in [2.24, 2.45) is 7.05 Å². The summed E-state index contributed by atoms with van der Waals surface area (Å²) in [5.41, 5.74) is 7.86. The van der Waals surface area contributed by atoms with Crippen LogP contribution < -0.4 is 11.1 Å². The zero-order valence-electron chi connectivity index (χ0n) is 11.6. The molecule has 1 aromatic heterocycles. The topological polar surface area (TPSA) is 91.4 Å². The van der Waals surface area contributed by atoms with Crippen LogP contribution in [0.4, 0.5) is 11.4 Å². The van der Waals surface area contributed by atoms with Crippen LogP contribution in [0, 0.1) is 0 Å². The van der Waals surface area contributed by atoms with Gasteiger partial charge in [0, 0.05) is 24.5 Å². The molecule has 1 aliphatic heterocycles. The van der Waals surface area contributed by atoms with Gasteiger partial charge in [-0.25, -0.2) is 0 Å². The van der Waals surface area contributed by atoms with Crippen molar-refractivity contribution >= 4 is 17.3 Å². The smallest absolute Gasteiger partial charge is 0.278 e. The Balaban J connectivity index is 1.70. The third-order valence-corrected chi connectivity index (χ3v) is 3.13. The van der Waals surface area contributed by atoms with Crippen molar-refractivity contribution < 1.29 is 14.3 Å². The molecule has 0 aliphatic carbocycles. The number of anilines is 2. The van der Waals surface area contributed by atoms with Gasteiger partial charge in [-0.2, -0.15) is 5.10 Å². The van der Waals surface area contributed by atoms with Gasteiger partial charge in [0.15, 0.2) is 12.0 Å². The molecule has 0 bridgehead atoms. The molecule has 0 spiro atoms. The molecule has 2 heterocycles. The molecule has 0 saturated carbocycles. The highest BCUT2D eigenvalue weighted by molar-refractivity contribution is 6.06. The summed E-state index contributed by atoms with van der Waals surface area (Å²) < 4.78 is 12.3. The number of carbonyl (C=O) groups excluding carboxylic acids is 1. The van der Waals surface area contributed by atoms with Crippen molar-refractivity contribution in [2.75, 3.05) is 24.3 Å². The third kappa shape index (κ3) is 2.88. The fourth-order valence-electron chi connectivity index (χ4n) is 2.15. The van der Waals surface area contributed by atoms with E-state index in [4.69, 9.17) is 15.2 Å². The monoisotopic (exact) mass is 288 g/mol. The SMILES string of the molecule is Cn1cc(N)c(C(=O)Nc2ccc(C3OCCO3)cc2)n1. The number of aromatic nitrogens is 2. The van der Waals surface area contributed by atoms with E-state index in [2.05, 4.69) is 10.4 Å². The van der Waals surface area contributed by atoms with Crippen LogP contribution in [0.25, 0.3) is 0 Å². The van der Waals surface area contributed by atoms with Crippen molar-refractivity contribution in [1.29, 1.82) is 0 Å². The van der Waals surface area contributed by atoms with E-state index in [1.165, 1.54) is 4.68 Å². The Hall–Kier alpha value is -2.38. The molecule has 2 aromatic rings. The normalized spacial score (nSPS) is 15.3. The van der Waals surface area contributed by atoms with Crippen molar-refractivity contribution in [1.82, 2.24) is 9.78 Å². The fraction of sp³-hybridized carbons (Fsp3) is 0.286. The highest BCUT2D eigenvalue weighted by atomic mass is 16.7. The number of carbonyl (C=O) groups is 1. The van der Waals surface area contributed by atoms with Crippen LogP contribution >= 0.6 is 0 Å². The number of nitrogens with one attached hydrogen (secondary N) is 1. The summed E-state index contributed by atoms with van der Waals surface area (Å²) in [5.74, 6) is -0.339. The Bertz CT molecular complexity index is 645. The lowest BCUT2D eigenvalue weighted by molar-refractivity contribution is -0.0441. The molecule has 1 saturated heterocycles. The number of nitrogens with two attached hydrogens (primary N) is 1. The molecule has 1 fully saturated rings. The van der Waals surface area contributed by atoms with Crippen LogP contribution in [0.2, 0.25) is 0 Å². The molecular weight excluding hydrogens is 272 g/mol. The average Bonchev–Trinajstić information content (AvgIpc) is 3.09. The zero-order valence-corrected chi connectivity index (χ0v) is 11.6. The second-order valence-electron chi connectivity index (χ2n) is 4.76. The van der Waals surface area contributed by atoms with E-state index >= 15 is 0 Å². The van der Waals surface area contributed by atoms with Crippen LogP contribution in [-0.2, 0) is 16.5 Å². The first-order valence-corrected chi connectivity index (χ1v) is 6.57. The van der Waals surface area contributed by atoms with Gasteiger partial charge >= 0.3 is 0 Å². The lowest BCUT2D eigenvalue weighted by Crippen LogP contribution is -2.14. The number of amides is 1. The van der Waals surface area contributed by atoms with E-state index in [0.29, 0.717) is 24.6 Å². The second kappa shape index (κ2) is 5.55. The van der Waals surface area contributed by atoms with Gasteiger partial charge in [-0.15, -0.1) is 0 Å². The van der Waals surface area contributed by atoms with Gasteiger partial charge in [-0.05, 0) is 12.1 Å². The quantitative estimate of drug-likeness (QED) is 0.888. The number of hydrogen-bond donors (Lipinski definition) is 2. The fourth-order valence-corrected chi connectivity index (χ4v) is 2.15. The first-order chi connectivity index (χ1) is 10.1. The number of nitrogens with zero attached hydrogens (tertiary/aromatic N) is 2. The molecule has 21 heavy (non-hydrogen) atoms. The van der Waals surface area contributed by atoms with Crippen LogP contribution in [0.1, 0.15) is 22.3 Å². The minimum atomic E-state index is -0.339. The van der Waals surface area contributed by atoms with E-state index in [1.54, 1.807) is 25.4 Å². The van der Waals surface area contributed by atoms with E-state index in [-0.39, 0.29) is 17.9 Å². The third-order valence-electron chi connectivity index (χ3n) is 3.13. The van der Waals surface area contributed by atoms with Crippen LogP contribution in [0.15, 0.2) is 30.5 Å². The van der Waals surface area contributed by atoms with Crippen LogP contribution in [-0.4, -0.2) is 28.9 Å². The van der Waals surface area contributed by atoms with Crippen LogP contribution in [0.3, 0.4) is 0 Å². The molecule has 1 aliphatic rings. The number of rotatable bonds is 3. The van der Waals surface area contributed by atoms with Gasteiger partial charge in [0.25, 0.3) is 5.91 Å². The predicted octanol–water partition coefficient (Wildman–Crippen LogP) is 1.30. The summed E-state index contributed by atoms with van der Waals surface area (Å²) in [6, 6.07) is 7.29. The number of aryl methyl sites for hydroxylation is 1. The summed E-state index contributed by atoms with van der Waals surface area (Å²) in [6.07, 6.45) is 1.27. The minimum absolute atomic E-state index is 0.212. The largest absolute Gasteiger partial charge is 0.396 e. The van der Waals surface area contributed by atoms with Gasteiger partial charge in [0.05, 0.1) is 18.9 Å².